The van der Waals surface area contributed by atoms with Gasteiger partial charge in [0.05, 0.1) is 11.2 Å². The van der Waals surface area contributed by atoms with Gasteiger partial charge in [-0.25, -0.2) is 0 Å². The Labute approximate surface area is 419 Å². The second-order valence-corrected chi connectivity index (χ2v) is 20.0. The summed E-state index contributed by atoms with van der Waals surface area (Å²) in [5.41, 5.74) is 7.89. The van der Waals surface area contributed by atoms with Crippen LogP contribution in [0.2, 0.25) is 0 Å². The normalized spacial score (nSPS) is 13.9. The minimum absolute atomic E-state index is 0.346. The average Bonchev–Trinajstić information content (AvgIpc) is 3.63. The van der Waals surface area contributed by atoms with Gasteiger partial charge in [-0.05, 0) is 177 Å². The van der Waals surface area contributed by atoms with Crippen LogP contribution >= 0.6 is 15.9 Å². The molecule has 0 unspecified atom stereocenters. The van der Waals surface area contributed by atoms with E-state index in [0.29, 0.717) is 0 Å². The summed E-state index contributed by atoms with van der Waals surface area (Å²) in [4.78, 5) is 0. The van der Waals surface area contributed by atoms with Crippen molar-refractivity contribution < 1.29 is 9.31 Å². The summed E-state index contributed by atoms with van der Waals surface area (Å²) in [6.07, 6.45) is 0. The van der Waals surface area contributed by atoms with E-state index in [4.69, 9.17) is 9.31 Å². The van der Waals surface area contributed by atoms with Gasteiger partial charge in [-0.1, -0.05) is 212 Å². The lowest BCUT2D eigenvalue weighted by Gasteiger charge is -2.32. The molecule has 0 atom stereocenters. The molecule has 338 valence electrons. The summed E-state index contributed by atoms with van der Waals surface area (Å²) < 4.78 is 13.8. The zero-order chi connectivity index (χ0) is 47.8. The van der Waals surface area contributed by atoms with Crippen LogP contribution in [0.25, 0.3) is 98.0 Å². The van der Waals surface area contributed by atoms with Gasteiger partial charge in [0.1, 0.15) is 0 Å². The van der Waals surface area contributed by atoms with E-state index in [9.17, 15) is 0 Å². The molecular weight excluding hydrogens is 915 g/mol. The SMILES string of the molecule is Brc1c2ccccc2cc2ccccc12.CC1(C)OB(c2cc(-c3ccccc3)cc3ccccc23)OC1(C)C.c1ccc(-c2cc(-c3c4ccccc4cc4ccccc34)c3ccccc3c2)cc1. The maximum Gasteiger partial charge on any atom is 0.495 e. The lowest BCUT2D eigenvalue weighted by molar-refractivity contribution is 0.00578. The Morgan fingerprint density at radius 2 is 0.643 bits per heavy atom. The van der Waals surface area contributed by atoms with Crippen molar-refractivity contribution in [3.63, 3.8) is 0 Å². The van der Waals surface area contributed by atoms with Crippen molar-refractivity contribution in [1.82, 2.24) is 0 Å². The minimum Gasteiger partial charge on any atom is -0.399 e. The summed E-state index contributed by atoms with van der Waals surface area (Å²) in [7, 11) is -0.362. The Hall–Kier alpha value is -7.34. The molecule has 1 heterocycles. The average molecular weight is 968 g/mol. The maximum absolute atomic E-state index is 6.33. The van der Waals surface area contributed by atoms with Crippen molar-refractivity contribution in [3.05, 3.63) is 247 Å². The van der Waals surface area contributed by atoms with Gasteiger partial charge in [-0.15, -0.1) is 0 Å². The highest BCUT2D eigenvalue weighted by Gasteiger charge is 2.52. The van der Waals surface area contributed by atoms with Crippen LogP contribution in [0.3, 0.4) is 0 Å². The summed E-state index contributed by atoms with van der Waals surface area (Å²) >= 11 is 3.68. The summed E-state index contributed by atoms with van der Waals surface area (Å²) in [6, 6.07) is 86.3. The number of hydrogen-bond acceptors (Lipinski definition) is 2. The second kappa shape index (κ2) is 18.9. The monoisotopic (exact) mass is 966 g/mol. The quantitative estimate of drug-likeness (QED) is 0.129. The third-order valence-electron chi connectivity index (χ3n) is 14.2. The van der Waals surface area contributed by atoms with E-state index in [0.717, 1.165) is 5.46 Å². The molecule has 0 N–H and O–H groups in total. The van der Waals surface area contributed by atoms with E-state index in [-0.39, 0.29) is 18.3 Å². The molecule has 0 spiro atoms. The number of benzene rings is 12. The molecule has 12 aromatic rings. The standard InChI is InChI=1S/C30H20.C22H23BO2.C14H9Br/c1-2-10-21(11-3-1)25-19-22-12-4-7-15-26(22)29(20-25)30-27-16-8-5-13-23(27)18-24-14-6-9-17-28(24)30;1-21(2)22(3,4)25-23(24-21)20-15-18(16-10-6-5-7-11-16)14-17-12-8-9-13-19(17)20;15-14-12-7-3-1-5-10(12)9-11-6-2-4-8-13(11)14/h1-20H;5-15H,1-4H3;1-9H. The zero-order valence-electron chi connectivity index (χ0n) is 39.9. The van der Waals surface area contributed by atoms with Crippen molar-refractivity contribution in [3.8, 4) is 33.4 Å². The Balaban J connectivity index is 0.000000120. The molecule has 0 aliphatic carbocycles. The Morgan fingerprint density at radius 1 is 0.314 bits per heavy atom. The van der Waals surface area contributed by atoms with Crippen LogP contribution < -0.4 is 5.46 Å². The van der Waals surface area contributed by atoms with Crippen LogP contribution in [-0.4, -0.2) is 18.3 Å². The summed E-state index contributed by atoms with van der Waals surface area (Å²) in [5, 5.41) is 15.2. The Bertz CT molecular complexity index is 3740. The van der Waals surface area contributed by atoms with Gasteiger partial charge < -0.3 is 9.31 Å². The van der Waals surface area contributed by atoms with Crippen LogP contribution in [0.1, 0.15) is 27.7 Å². The number of hydrogen-bond donors (Lipinski definition) is 0. The largest absolute Gasteiger partial charge is 0.495 e. The molecule has 13 rings (SSSR count). The van der Waals surface area contributed by atoms with Gasteiger partial charge in [0.25, 0.3) is 0 Å². The van der Waals surface area contributed by atoms with E-state index in [1.807, 2.05) is 6.07 Å². The molecular formula is C66H52BBrO2. The number of halogens is 1. The van der Waals surface area contributed by atoms with Gasteiger partial charge in [0, 0.05) is 4.47 Å². The third-order valence-corrected chi connectivity index (χ3v) is 15.1. The van der Waals surface area contributed by atoms with E-state index in [1.165, 1.54) is 102 Å². The van der Waals surface area contributed by atoms with Crippen LogP contribution in [-0.2, 0) is 9.31 Å². The molecule has 0 bridgehead atoms. The summed E-state index contributed by atoms with van der Waals surface area (Å²) in [5.74, 6) is 0. The highest BCUT2D eigenvalue weighted by Crippen LogP contribution is 2.42. The highest BCUT2D eigenvalue weighted by atomic mass is 79.9. The Morgan fingerprint density at radius 3 is 1.10 bits per heavy atom. The molecule has 12 aromatic carbocycles. The third kappa shape index (κ3) is 8.69. The van der Waals surface area contributed by atoms with Crippen LogP contribution in [0.15, 0.2) is 247 Å². The predicted molar refractivity (Wildman–Crippen MR) is 304 cm³/mol. The molecule has 1 saturated heterocycles. The number of fused-ring (bicyclic) bond motifs is 6. The fraction of sp³-hybridized carbons (Fsp3) is 0.0909. The topological polar surface area (TPSA) is 18.5 Å². The van der Waals surface area contributed by atoms with Crippen molar-refractivity contribution in [2.75, 3.05) is 0 Å². The van der Waals surface area contributed by atoms with Crippen LogP contribution in [0.5, 0.6) is 0 Å². The predicted octanol–water partition coefficient (Wildman–Crippen LogP) is 18.0. The van der Waals surface area contributed by atoms with Gasteiger partial charge in [0.15, 0.2) is 0 Å². The fourth-order valence-corrected chi connectivity index (χ4v) is 10.6. The first-order valence-electron chi connectivity index (χ1n) is 24.1. The number of rotatable bonds is 4. The molecule has 0 radical (unpaired) electrons. The first-order valence-corrected chi connectivity index (χ1v) is 24.9. The van der Waals surface area contributed by atoms with Crippen molar-refractivity contribution in [2.24, 2.45) is 0 Å². The van der Waals surface area contributed by atoms with E-state index < -0.39 is 0 Å². The summed E-state index contributed by atoms with van der Waals surface area (Å²) in [6.45, 7) is 8.37. The molecule has 0 saturated carbocycles. The molecule has 1 aliphatic rings. The highest BCUT2D eigenvalue weighted by molar-refractivity contribution is 9.10. The van der Waals surface area contributed by atoms with Crippen molar-refractivity contribution >= 4 is 93.1 Å². The molecule has 1 fully saturated rings. The second-order valence-electron chi connectivity index (χ2n) is 19.2. The Kier molecular flexibility index (Phi) is 12.2. The minimum atomic E-state index is -0.362. The van der Waals surface area contributed by atoms with Crippen molar-refractivity contribution in [1.29, 1.82) is 0 Å². The zero-order valence-corrected chi connectivity index (χ0v) is 41.5. The van der Waals surface area contributed by atoms with Crippen LogP contribution in [0.4, 0.5) is 0 Å². The van der Waals surface area contributed by atoms with E-state index in [2.05, 4.69) is 280 Å². The molecule has 0 aromatic heterocycles. The van der Waals surface area contributed by atoms with Gasteiger partial charge in [0.2, 0.25) is 0 Å². The molecule has 4 heteroatoms. The lowest BCUT2D eigenvalue weighted by atomic mass is 9.74. The van der Waals surface area contributed by atoms with E-state index >= 15 is 0 Å². The smallest absolute Gasteiger partial charge is 0.399 e. The first kappa shape index (κ1) is 45.1. The molecule has 70 heavy (non-hydrogen) atoms. The maximum atomic E-state index is 6.33. The first-order chi connectivity index (χ1) is 34.1. The lowest BCUT2D eigenvalue weighted by Crippen LogP contribution is -2.41. The fourth-order valence-electron chi connectivity index (χ4n) is 9.88. The molecule has 1 aliphatic heterocycles. The van der Waals surface area contributed by atoms with Gasteiger partial charge >= 0.3 is 7.12 Å². The van der Waals surface area contributed by atoms with Crippen molar-refractivity contribution in [2.45, 2.75) is 38.9 Å². The van der Waals surface area contributed by atoms with Gasteiger partial charge in [-0.3, -0.25) is 0 Å². The molecule has 0 amide bonds. The van der Waals surface area contributed by atoms with Gasteiger partial charge in [-0.2, -0.15) is 0 Å². The van der Waals surface area contributed by atoms with Crippen LogP contribution in [0, 0.1) is 0 Å². The molecule has 2 nitrogen and oxygen atoms in total. The van der Waals surface area contributed by atoms with E-state index in [1.54, 1.807) is 0 Å².